The second-order valence-corrected chi connectivity index (χ2v) is 12.5. The van der Waals surface area contributed by atoms with Crippen molar-refractivity contribution in [3.05, 3.63) is 54.6 Å². The van der Waals surface area contributed by atoms with Crippen molar-refractivity contribution in [2.24, 2.45) is 11.8 Å². The molecule has 2 bridgehead atoms. The number of carbonyl (C=O) groups is 3. The van der Waals surface area contributed by atoms with Gasteiger partial charge in [-0.15, -0.1) is 24.9 Å². The highest BCUT2D eigenvalue weighted by molar-refractivity contribution is 8.02. The van der Waals surface area contributed by atoms with E-state index in [9.17, 15) is 19.5 Å². The van der Waals surface area contributed by atoms with Crippen LogP contribution >= 0.6 is 23.4 Å². The summed E-state index contributed by atoms with van der Waals surface area (Å²) in [7, 11) is 0. The van der Waals surface area contributed by atoms with Crippen LogP contribution in [0.5, 0.6) is 0 Å². The minimum absolute atomic E-state index is 0.206. The highest BCUT2D eigenvalue weighted by atomic mass is 35.5. The molecule has 0 radical (unpaired) electrons. The predicted octanol–water partition coefficient (Wildman–Crippen LogP) is 4.23. The summed E-state index contributed by atoms with van der Waals surface area (Å²) >= 11 is 7.68. The number of fused-ring (bicyclic) bond motifs is 1. The molecule has 3 heterocycles. The van der Waals surface area contributed by atoms with Crippen molar-refractivity contribution in [3.63, 3.8) is 0 Å². The fraction of sp³-hybridized carbons (Fsp3) is 0.536. The van der Waals surface area contributed by atoms with Crippen LogP contribution in [-0.2, 0) is 19.1 Å². The summed E-state index contributed by atoms with van der Waals surface area (Å²) in [6.07, 6.45) is 5.65. The average molecular weight is 547 g/mol. The standard InChI is InChI=1S/C28H35ClN2O5S/c1-5-8-16-36-26(35)22-21-24(33)31(19(7-3)17-32)23(28(21)14-13-27(22,4)37-28)25(34)30(15-6-2)20-11-9-18(29)10-12-20/h5-6,9-12,19,21-23,32H,1-2,7-8,13-17H2,3-4H3/t19-,21-,22+,23?,27-,28?/m0/s1. The maximum atomic E-state index is 14.5. The fourth-order valence-electron chi connectivity index (χ4n) is 6.36. The van der Waals surface area contributed by atoms with Gasteiger partial charge in [0.2, 0.25) is 5.91 Å². The molecule has 0 saturated carbocycles. The van der Waals surface area contributed by atoms with Gasteiger partial charge in [-0.1, -0.05) is 30.7 Å². The van der Waals surface area contributed by atoms with Crippen LogP contribution in [0, 0.1) is 11.8 Å². The van der Waals surface area contributed by atoms with E-state index in [0.29, 0.717) is 36.4 Å². The van der Waals surface area contributed by atoms with E-state index in [2.05, 4.69) is 13.2 Å². The lowest BCUT2D eigenvalue weighted by Gasteiger charge is -2.39. The Hall–Kier alpha value is -2.29. The van der Waals surface area contributed by atoms with Gasteiger partial charge in [0, 0.05) is 22.0 Å². The molecule has 37 heavy (non-hydrogen) atoms. The number of hydrogen-bond donors (Lipinski definition) is 1. The zero-order chi connectivity index (χ0) is 27.0. The molecule has 0 aliphatic carbocycles. The number of anilines is 1. The van der Waals surface area contributed by atoms with E-state index in [1.54, 1.807) is 58.0 Å². The summed E-state index contributed by atoms with van der Waals surface area (Å²) in [4.78, 5) is 45.2. The second kappa shape index (κ2) is 10.8. The van der Waals surface area contributed by atoms with Gasteiger partial charge in [0.05, 0.1) is 35.8 Å². The largest absolute Gasteiger partial charge is 0.465 e. The number of thioether (sulfide) groups is 1. The number of likely N-dealkylation sites (tertiary alicyclic amines) is 1. The van der Waals surface area contributed by atoms with Crippen LogP contribution in [0.1, 0.15) is 39.5 Å². The van der Waals surface area contributed by atoms with Crippen molar-refractivity contribution in [1.82, 2.24) is 4.90 Å². The van der Waals surface area contributed by atoms with Crippen LogP contribution in [0.4, 0.5) is 5.69 Å². The first-order valence-corrected chi connectivity index (χ1v) is 14.0. The van der Waals surface area contributed by atoms with E-state index in [0.717, 1.165) is 0 Å². The van der Waals surface area contributed by atoms with Crippen molar-refractivity contribution in [2.45, 2.75) is 61.1 Å². The van der Waals surface area contributed by atoms with Gasteiger partial charge in [0.1, 0.15) is 6.04 Å². The number of esters is 1. The van der Waals surface area contributed by atoms with Gasteiger partial charge in [-0.05, 0) is 56.9 Å². The van der Waals surface area contributed by atoms with E-state index < -0.39 is 39.4 Å². The molecule has 7 nitrogen and oxygen atoms in total. The highest BCUT2D eigenvalue weighted by Crippen LogP contribution is 2.71. The van der Waals surface area contributed by atoms with Gasteiger partial charge in [0.25, 0.3) is 5.91 Å². The first-order chi connectivity index (χ1) is 17.7. The number of ether oxygens (including phenoxy) is 1. The highest BCUT2D eigenvalue weighted by Gasteiger charge is 2.78. The van der Waals surface area contributed by atoms with Crippen LogP contribution < -0.4 is 4.90 Å². The lowest BCUT2D eigenvalue weighted by atomic mass is 9.66. The Bertz CT molecular complexity index is 1080. The monoisotopic (exact) mass is 546 g/mol. The van der Waals surface area contributed by atoms with E-state index >= 15 is 0 Å². The van der Waals surface area contributed by atoms with Crippen LogP contribution in [0.25, 0.3) is 0 Å². The Morgan fingerprint density at radius 1 is 1.30 bits per heavy atom. The van der Waals surface area contributed by atoms with Gasteiger partial charge in [0.15, 0.2) is 0 Å². The number of hydrogen-bond acceptors (Lipinski definition) is 6. The van der Waals surface area contributed by atoms with Gasteiger partial charge in [-0.3, -0.25) is 14.4 Å². The molecule has 6 atom stereocenters. The third-order valence-electron chi connectivity index (χ3n) is 8.06. The third-order valence-corrected chi connectivity index (χ3v) is 10.3. The Morgan fingerprint density at radius 2 is 2.00 bits per heavy atom. The molecule has 2 amide bonds. The first kappa shape index (κ1) is 27.7. The number of rotatable bonds is 11. The van der Waals surface area contributed by atoms with Crippen molar-refractivity contribution in [2.75, 3.05) is 24.7 Å². The van der Waals surface area contributed by atoms with Crippen LogP contribution in [0.2, 0.25) is 5.02 Å². The van der Waals surface area contributed by atoms with Gasteiger partial charge in [-0.2, -0.15) is 0 Å². The molecule has 2 unspecified atom stereocenters. The fourth-order valence-corrected chi connectivity index (χ4v) is 8.81. The molecular weight excluding hydrogens is 512 g/mol. The first-order valence-electron chi connectivity index (χ1n) is 12.8. The van der Waals surface area contributed by atoms with Crippen molar-refractivity contribution in [3.8, 4) is 0 Å². The molecule has 1 N–H and O–H groups in total. The number of amides is 2. The number of halogens is 1. The molecule has 1 aromatic carbocycles. The van der Waals surface area contributed by atoms with Gasteiger partial charge >= 0.3 is 5.97 Å². The molecule has 200 valence electrons. The zero-order valence-corrected chi connectivity index (χ0v) is 23.0. The van der Waals surface area contributed by atoms with Crippen molar-refractivity contribution >= 4 is 46.8 Å². The van der Waals surface area contributed by atoms with Crippen LogP contribution in [0.3, 0.4) is 0 Å². The van der Waals surface area contributed by atoms with E-state index in [-0.39, 0.29) is 31.6 Å². The number of aliphatic hydroxyl groups excluding tert-OH is 1. The number of carbonyl (C=O) groups excluding carboxylic acids is 3. The van der Waals surface area contributed by atoms with E-state index in [4.69, 9.17) is 16.3 Å². The van der Waals surface area contributed by atoms with E-state index in [1.165, 1.54) is 0 Å². The maximum absolute atomic E-state index is 14.5. The second-order valence-electron chi connectivity index (χ2n) is 10.2. The minimum Gasteiger partial charge on any atom is -0.465 e. The lowest BCUT2D eigenvalue weighted by molar-refractivity contribution is -0.156. The zero-order valence-electron chi connectivity index (χ0n) is 21.4. The van der Waals surface area contributed by atoms with Crippen molar-refractivity contribution < 1.29 is 24.2 Å². The minimum atomic E-state index is -0.837. The Balaban J connectivity index is 1.79. The summed E-state index contributed by atoms with van der Waals surface area (Å²) in [5.74, 6) is -2.26. The Kier molecular flexibility index (Phi) is 8.12. The summed E-state index contributed by atoms with van der Waals surface area (Å²) in [6, 6.07) is 5.59. The average Bonchev–Trinajstić information content (AvgIpc) is 3.45. The maximum Gasteiger partial charge on any atom is 0.311 e. The molecule has 0 aromatic heterocycles. The molecule has 3 aliphatic rings. The lowest BCUT2D eigenvalue weighted by Crippen LogP contribution is -2.57. The molecule has 3 saturated heterocycles. The quantitative estimate of drug-likeness (QED) is 0.254. The molecule has 3 aliphatic heterocycles. The van der Waals surface area contributed by atoms with Crippen LogP contribution in [-0.4, -0.2) is 69.1 Å². The molecule has 4 rings (SSSR count). The van der Waals surface area contributed by atoms with E-state index in [1.807, 2.05) is 13.8 Å². The predicted molar refractivity (Wildman–Crippen MR) is 147 cm³/mol. The topological polar surface area (TPSA) is 87.1 Å². The molecule has 1 spiro atoms. The summed E-state index contributed by atoms with van der Waals surface area (Å²) in [5.41, 5.74) is 0.641. The molecule has 1 aromatic rings. The van der Waals surface area contributed by atoms with Gasteiger partial charge < -0.3 is 19.6 Å². The Labute approximate surface area is 227 Å². The SMILES string of the molecule is C=CCCOC(=O)[C@H]1[C@H]2C(=O)N([C@@H](CC)CO)C(C(=O)N(CC=C)c3ccc(Cl)cc3)C23CC[C@]1(C)S3. The third kappa shape index (κ3) is 4.51. The number of nitrogens with zero attached hydrogens (tertiary/aromatic N) is 2. The Morgan fingerprint density at radius 3 is 2.59 bits per heavy atom. The number of benzene rings is 1. The molecule has 3 fully saturated rings. The van der Waals surface area contributed by atoms with Crippen LogP contribution in [0.15, 0.2) is 49.6 Å². The summed E-state index contributed by atoms with van der Waals surface area (Å²) in [5, 5.41) is 10.8. The van der Waals surface area contributed by atoms with Crippen molar-refractivity contribution in [1.29, 1.82) is 0 Å². The van der Waals surface area contributed by atoms with Gasteiger partial charge in [-0.25, -0.2) is 0 Å². The summed E-state index contributed by atoms with van der Waals surface area (Å²) in [6.45, 7) is 11.6. The smallest absolute Gasteiger partial charge is 0.311 e. The summed E-state index contributed by atoms with van der Waals surface area (Å²) < 4.78 is 4.28. The normalized spacial score (nSPS) is 30.6. The molecular formula is C28H35ClN2O5S. The molecule has 9 heteroatoms. The number of aliphatic hydroxyl groups is 1.